The molecular weight excluding hydrogens is 228 g/mol. The summed E-state index contributed by atoms with van der Waals surface area (Å²) in [6, 6.07) is 9.01. The summed E-state index contributed by atoms with van der Waals surface area (Å²) < 4.78 is 0. The Morgan fingerprint density at radius 2 is 1.95 bits per heavy atom. The third-order valence-corrected chi connectivity index (χ3v) is 4.78. The molecule has 2 atom stereocenters. The number of hydrogen-bond acceptors (Lipinski definition) is 0. The van der Waals surface area contributed by atoms with Gasteiger partial charge in [0.25, 0.3) is 0 Å². The van der Waals surface area contributed by atoms with Crippen LogP contribution in [0.4, 0.5) is 0 Å². The first-order valence-corrected chi connectivity index (χ1v) is 7.96. The predicted octanol–water partition coefficient (Wildman–Crippen LogP) is 5.88. The standard InChI is InChI=1S/C19H28/c1-5-7-10-16(6-2)19-14(3)13-17-11-8-9-12-18(17)15(19)4/h8-9,11-12,15-16H,5-7,10,13H2,1-4H3/t15-,16+/m0/s1. The van der Waals surface area contributed by atoms with Crippen LogP contribution in [0.5, 0.6) is 0 Å². The van der Waals surface area contributed by atoms with Gasteiger partial charge in [0.1, 0.15) is 0 Å². The van der Waals surface area contributed by atoms with Gasteiger partial charge in [-0.2, -0.15) is 0 Å². The molecule has 0 spiro atoms. The second-order valence-corrected chi connectivity index (χ2v) is 6.08. The minimum absolute atomic E-state index is 0.617. The van der Waals surface area contributed by atoms with Gasteiger partial charge in [0.05, 0.1) is 0 Å². The summed E-state index contributed by atoms with van der Waals surface area (Å²) in [5.74, 6) is 1.41. The summed E-state index contributed by atoms with van der Waals surface area (Å²) >= 11 is 0. The first-order chi connectivity index (χ1) is 9.19. The van der Waals surface area contributed by atoms with Crippen molar-refractivity contribution in [3.63, 3.8) is 0 Å². The Bertz CT molecular complexity index is 453. The van der Waals surface area contributed by atoms with Gasteiger partial charge in [-0.3, -0.25) is 0 Å². The molecule has 0 fully saturated rings. The van der Waals surface area contributed by atoms with Gasteiger partial charge < -0.3 is 0 Å². The first-order valence-electron chi connectivity index (χ1n) is 7.96. The summed E-state index contributed by atoms with van der Waals surface area (Å²) in [6.07, 6.45) is 6.50. The number of unbranched alkanes of at least 4 members (excludes halogenated alkanes) is 1. The molecule has 0 heterocycles. The highest BCUT2D eigenvalue weighted by Crippen LogP contribution is 2.41. The molecular formula is C19H28. The molecule has 0 nitrogen and oxygen atoms in total. The average molecular weight is 256 g/mol. The Morgan fingerprint density at radius 3 is 2.63 bits per heavy atom. The molecule has 0 aliphatic heterocycles. The first kappa shape index (κ1) is 14.4. The highest BCUT2D eigenvalue weighted by atomic mass is 14.3. The molecule has 0 N–H and O–H groups in total. The van der Waals surface area contributed by atoms with Crippen molar-refractivity contribution in [3.05, 3.63) is 46.5 Å². The maximum atomic E-state index is 2.41. The van der Waals surface area contributed by atoms with Crippen molar-refractivity contribution >= 4 is 0 Å². The second kappa shape index (κ2) is 6.41. The lowest BCUT2D eigenvalue weighted by Gasteiger charge is -2.32. The van der Waals surface area contributed by atoms with Crippen LogP contribution in [0.25, 0.3) is 0 Å². The fourth-order valence-electron chi connectivity index (χ4n) is 3.77. The number of fused-ring (bicyclic) bond motifs is 1. The van der Waals surface area contributed by atoms with Gasteiger partial charge in [0.2, 0.25) is 0 Å². The van der Waals surface area contributed by atoms with Gasteiger partial charge in [0.15, 0.2) is 0 Å². The molecule has 1 aliphatic rings. The molecule has 1 aromatic carbocycles. The summed E-state index contributed by atoms with van der Waals surface area (Å²) in [6.45, 7) is 9.42. The summed E-state index contributed by atoms with van der Waals surface area (Å²) in [5, 5.41) is 0. The molecule has 0 radical (unpaired) electrons. The SMILES string of the molecule is CCCC[C@@H](CC)C1=C(C)Cc2ccccc2[C@@H]1C. The molecule has 0 saturated heterocycles. The van der Waals surface area contributed by atoms with Crippen LogP contribution in [0, 0.1) is 5.92 Å². The highest BCUT2D eigenvalue weighted by Gasteiger charge is 2.26. The fourth-order valence-corrected chi connectivity index (χ4v) is 3.77. The van der Waals surface area contributed by atoms with Crippen LogP contribution in [0.15, 0.2) is 35.4 Å². The number of allylic oxidation sites excluding steroid dienone is 2. The van der Waals surface area contributed by atoms with E-state index < -0.39 is 0 Å². The van der Waals surface area contributed by atoms with Gasteiger partial charge in [-0.15, -0.1) is 0 Å². The van der Waals surface area contributed by atoms with Crippen LogP contribution < -0.4 is 0 Å². The molecule has 19 heavy (non-hydrogen) atoms. The van der Waals surface area contributed by atoms with Crippen molar-refractivity contribution < 1.29 is 0 Å². The Hall–Kier alpha value is -1.04. The quantitative estimate of drug-likeness (QED) is 0.577. The maximum Gasteiger partial charge on any atom is 0.00281 e. The van der Waals surface area contributed by atoms with E-state index in [1.807, 2.05) is 0 Å². The van der Waals surface area contributed by atoms with Crippen molar-refractivity contribution in [2.24, 2.45) is 5.92 Å². The number of hydrogen-bond donors (Lipinski definition) is 0. The summed E-state index contributed by atoms with van der Waals surface area (Å²) in [5.41, 5.74) is 6.49. The molecule has 0 unspecified atom stereocenters. The minimum Gasteiger partial charge on any atom is -0.0688 e. The van der Waals surface area contributed by atoms with Crippen LogP contribution in [0.3, 0.4) is 0 Å². The topological polar surface area (TPSA) is 0 Å². The van der Waals surface area contributed by atoms with E-state index in [9.17, 15) is 0 Å². The van der Waals surface area contributed by atoms with E-state index in [1.54, 1.807) is 22.3 Å². The second-order valence-electron chi connectivity index (χ2n) is 6.08. The smallest absolute Gasteiger partial charge is 0.00281 e. The zero-order valence-electron chi connectivity index (χ0n) is 13.0. The van der Waals surface area contributed by atoms with Gasteiger partial charge >= 0.3 is 0 Å². The van der Waals surface area contributed by atoms with E-state index in [-0.39, 0.29) is 0 Å². The van der Waals surface area contributed by atoms with Crippen LogP contribution in [-0.2, 0) is 6.42 Å². The van der Waals surface area contributed by atoms with Gasteiger partial charge in [0, 0.05) is 5.92 Å². The zero-order chi connectivity index (χ0) is 13.8. The highest BCUT2D eigenvalue weighted by molar-refractivity contribution is 5.44. The third kappa shape index (κ3) is 2.94. The van der Waals surface area contributed by atoms with E-state index >= 15 is 0 Å². The monoisotopic (exact) mass is 256 g/mol. The Balaban J connectivity index is 2.29. The molecule has 104 valence electrons. The van der Waals surface area contributed by atoms with Crippen molar-refractivity contribution in [1.82, 2.24) is 0 Å². The van der Waals surface area contributed by atoms with Crippen molar-refractivity contribution in [1.29, 1.82) is 0 Å². The Morgan fingerprint density at radius 1 is 1.21 bits per heavy atom. The maximum absolute atomic E-state index is 2.41. The van der Waals surface area contributed by atoms with E-state index in [1.165, 1.54) is 32.1 Å². The molecule has 0 heteroatoms. The number of benzene rings is 1. The van der Waals surface area contributed by atoms with Crippen LogP contribution >= 0.6 is 0 Å². The van der Waals surface area contributed by atoms with Crippen LogP contribution in [0.2, 0.25) is 0 Å². The lowest BCUT2D eigenvalue weighted by molar-refractivity contribution is 0.480. The van der Waals surface area contributed by atoms with Gasteiger partial charge in [-0.1, -0.05) is 69.0 Å². The molecule has 0 bridgehead atoms. The average Bonchev–Trinajstić information content (AvgIpc) is 2.42. The molecule has 2 rings (SSSR count). The van der Waals surface area contributed by atoms with Crippen molar-refractivity contribution in [2.75, 3.05) is 0 Å². The normalized spacial score (nSPS) is 20.3. The Kier molecular flexibility index (Phi) is 4.85. The van der Waals surface area contributed by atoms with Gasteiger partial charge in [-0.05, 0) is 43.2 Å². The largest absolute Gasteiger partial charge is 0.0688 e. The third-order valence-electron chi connectivity index (χ3n) is 4.78. The fraction of sp³-hybridized carbons (Fsp3) is 0.579. The molecule has 1 aromatic rings. The minimum atomic E-state index is 0.617. The van der Waals surface area contributed by atoms with E-state index in [2.05, 4.69) is 52.0 Å². The zero-order valence-corrected chi connectivity index (χ0v) is 13.0. The van der Waals surface area contributed by atoms with E-state index in [4.69, 9.17) is 0 Å². The molecule has 1 aliphatic carbocycles. The van der Waals surface area contributed by atoms with Crippen molar-refractivity contribution in [3.8, 4) is 0 Å². The van der Waals surface area contributed by atoms with Crippen LogP contribution in [-0.4, -0.2) is 0 Å². The molecule has 0 saturated carbocycles. The van der Waals surface area contributed by atoms with Gasteiger partial charge in [-0.25, -0.2) is 0 Å². The summed E-state index contributed by atoms with van der Waals surface area (Å²) in [7, 11) is 0. The lowest BCUT2D eigenvalue weighted by atomic mass is 9.72. The van der Waals surface area contributed by atoms with Crippen LogP contribution in [0.1, 0.15) is 70.4 Å². The van der Waals surface area contributed by atoms with E-state index in [0.29, 0.717) is 5.92 Å². The van der Waals surface area contributed by atoms with Crippen molar-refractivity contribution in [2.45, 2.75) is 65.7 Å². The van der Waals surface area contributed by atoms with E-state index in [0.717, 1.165) is 5.92 Å². The molecule has 0 aromatic heterocycles. The lowest BCUT2D eigenvalue weighted by Crippen LogP contribution is -2.18. The summed E-state index contributed by atoms with van der Waals surface area (Å²) in [4.78, 5) is 0. The molecule has 0 amide bonds. The Labute approximate surface area is 118 Å². The number of rotatable bonds is 5. The predicted molar refractivity (Wildman–Crippen MR) is 84.6 cm³/mol.